The summed E-state index contributed by atoms with van der Waals surface area (Å²) in [6.07, 6.45) is 1.95. The van der Waals surface area contributed by atoms with Crippen LogP contribution in [0.2, 0.25) is 0 Å². The number of nitrogens with zero attached hydrogens (tertiary/aromatic N) is 1. The van der Waals surface area contributed by atoms with E-state index in [0.29, 0.717) is 6.54 Å². The van der Waals surface area contributed by atoms with Crippen LogP contribution in [0.15, 0.2) is 18.2 Å². The second kappa shape index (κ2) is 7.26. The van der Waals surface area contributed by atoms with E-state index in [1.54, 1.807) is 4.90 Å². The molecule has 1 aromatic rings. The molecule has 1 aliphatic heterocycles. The minimum Gasteiger partial charge on any atom is -0.346 e. The molecule has 20 heavy (non-hydrogen) atoms. The molecule has 3 N–H and O–H groups in total. The summed E-state index contributed by atoms with van der Waals surface area (Å²) in [6, 6.07) is 6.16. The van der Waals surface area contributed by atoms with Crippen molar-refractivity contribution < 1.29 is 9.59 Å². The zero-order valence-corrected chi connectivity index (χ0v) is 12.3. The molecular weight excluding hydrogens is 278 g/mol. The van der Waals surface area contributed by atoms with Crippen LogP contribution in [-0.4, -0.2) is 31.4 Å². The topological polar surface area (TPSA) is 75.4 Å². The molecule has 5 nitrogen and oxygen atoms in total. The predicted octanol–water partition coefficient (Wildman–Crippen LogP) is 0.771. The van der Waals surface area contributed by atoms with Gasteiger partial charge in [-0.3, -0.25) is 9.59 Å². The number of benzene rings is 1. The maximum atomic E-state index is 12.2. The Labute approximate surface area is 124 Å². The quantitative estimate of drug-likeness (QED) is 0.865. The number of fused-ring (bicyclic) bond motifs is 1. The predicted molar refractivity (Wildman–Crippen MR) is 81.2 cm³/mol. The van der Waals surface area contributed by atoms with Crippen molar-refractivity contribution in [2.24, 2.45) is 5.73 Å². The van der Waals surface area contributed by atoms with Gasteiger partial charge in [-0.1, -0.05) is 12.1 Å². The van der Waals surface area contributed by atoms with E-state index >= 15 is 0 Å². The van der Waals surface area contributed by atoms with Crippen LogP contribution >= 0.6 is 12.4 Å². The first-order valence-corrected chi connectivity index (χ1v) is 6.48. The van der Waals surface area contributed by atoms with Crippen LogP contribution < -0.4 is 16.0 Å². The molecule has 1 aromatic carbocycles. The Kier molecular flexibility index (Phi) is 5.98. The number of carbonyl (C=O) groups is 2. The Morgan fingerprint density at radius 1 is 1.40 bits per heavy atom. The molecule has 2 amide bonds. The molecule has 1 heterocycles. The molecule has 0 unspecified atom stereocenters. The average Bonchev–Trinajstić information content (AvgIpc) is 2.43. The van der Waals surface area contributed by atoms with Crippen molar-refractivity contribution in [2.75, 3.05) is 24.5 Å². The first-order chi connectivity index (χ1) is 9.11. The van der Waals surface area contributed by atoms with Gasteiger partial charge >= 0.3 is 0 Å². The number of hydrogen-bond donors (Lipinski definition) is 2. The summed E-state index contributed by atoms with van der Waals surface area (Å²) in [5.41, 5.74) is 8.49. The number of carbonyl (C=O) groups excluding carboxylic acids is 2. The summed E-state index contributed by atoms with van der Waals surface area (Å²) in [5, 5.41) is 2.52. The number of nitrogens with two attached hydrogens (primary N) is 1. The van der Waals surface area contributed by atoms with Gasteiger partial charge in [-0.25, -0.2) is 0 Å². The van der Waals surface area contributed by atoms with Gasteiger partial charge in [0.05, 0.1) is 13.1 Å². The maximum absolute atomic E-state index is 12.2. The number of aryl methyl sites for hydroxylation is 2. The van der Waals surface area contributed by atoms with E-state index < -0.39 is 0 Å². The molecule has 6 heteroatoms. The van der Waals surface area contributed by atoms with E-state index in [-0.39, 0.29) is 37.3 Å². The first-order valence-electron chi connectivity index (χ1n) is 6.48. The maximum Gasteiger partial charge on any atom is 0.246 e. The standard InChI is InChI=1S/C14H19N3O2.ClH/c1-10-4-5-11-3-2-6-17(12(11)7-10)14(19)9-16-13(18)8-15;/h4-5,7H,2-3,6,8-9,15H2,1H3,(H,16,18);1H. The highest BCUT2D eigenvalue weighted by atomic mass is 35.5. The molecule has 0 fully saturated rings. The van der Waals surface area contributed by atoms with E-state index in [9.17, 15) is 9.59 Å². The lowest BCUT2D eigenvalue weighted by Crippen LogP contribution is -2.43. The summed E-state index contributed by atoms with van der Waals surface area (Å²) in [6.45, 7) is 2.62. The minimum atomic E-state index is -0.310. The Morgan fingerprint density at radius 2 is 2.15 bits per heavy atom. The third-order valence-electron chi connectivity index (χ3n) is 3.28. The fraction of sp³-hybridized carbons (Fsp3) is 0.429. The van der Waals surface area contributed by atoms with E-state index in [1.807, 2.05) is 13.0 Å². The highest BCUT2D eigenvalue weighted by Gasteiger charge is 2.22. The summed E-state index contributed by atoms with van der Waals surface area (Å²) in [7, 11) is 0. The third kappa shape index (κ3) is 3.71. The third-order valence-corrected chi connectivity index (χ3v) is 3.28. The molecule has 110 valence electrons. The minimum absolute atomic E-state index is 0. The van der Waals surface area contributed by atoms with Gasteiger partial charge in [0.25, 0.3) is 0 Å². The molecular formula is C14H20ClN3O2. The van der Waals surface area contributed by atoms with Crippen LogP contribution in [0.5, 0.6) is 0 Å². The van der Waals surface area contributed by atoms with Gasteiger partial charge in [-0.2, -0.15) is 0 Å². The molecule has 0 aliphatic carbocycles. The van der Waals surface area contributed by atoms with Crippen molar-refractivity contribution in [3.8, 4) is 0 Å². The van der Waals surface area contributed by atoms with Crippen molar-refractivity contribution in [1.29, 1.82) is 0 Å². The van der Waals surface area contributed by atoms with Crippen LogP contribution in [0.1, 0.15) is 17.5 Å². The zero-order valence-electron chi connectivity index (χ0n) is 11.5. The monoisotopic (exact) mass is 297 g/mol. The summed E-state index contributed by atoms with van der Waals surface area (Å²) >= 11 is 0. The SMILES string of the molecule is Cc1ccc2c(c1)N(C(=O)CNC(=O)CN)CCC2.Cl. The van der Waals surface area contributed by atoms with Gasteiger partial charge in [0.2, 0.25) is 11.8 Å². The van der Waals surface area contributed by atoms with Crippen LogP contribution in [0.3, 0.4) is 0 Å². The Balaban J connectivity index is 0.00000200. The van der Waals surface area contributed by atoms with E-state index in [1.165, 1.54) is 5.56 Å². The summed E-state index contributed by atoms with van der Waals surface area (Å²) in [5.74, 6) is -0.400. The van der Waals surface area contributed by atoms with Crippen LogP contribution in [0.25, 0.3) is 0 Å². The second-order valence-corrected chi connectivity index (χ2v) is 4.76. The van der Waals surface area contributed by atoms with E-state index in [2.05, 4.69) is 17.4 Å². The highest BCUT2D eigenvalue weighted by Crippen LogP contribution is 2.27. The molecule has 0 spiro atoms. The van der Waals surface area contributed by atoms with Crippen molar-refractivity contribution in [3.63, 3.8) is 0 Å². The smallest absolute Gasteiger partial charge is 0.246 e. The van der Waals surface area contributed by atoms with Gasteiger partial charge < -0.3 is 16.0 Å². The molecule has 1 aliphatic rings. The lowest BCUT2D eigenvalue weighted by atomic mass is 10.00. The molecule has 0 saturated heterocycles. The van der Waals surface area contributed by atoms with Crippen molar-refractivity contribution in [3.05, 3.63) is 29.3 Å². The largest absolute Gasteiger partial charge is 0.346 e. The summed E-state index contributed by atoms with van der Waals surface area (Å²) < 4.78 is 0. The number of amides is 2. The van der Waals surface area contributed by atoms with Crippen LogP contribution in [-0.2, 0) is 16.0 Å². The van der Waals surface area contributed by atoms with Crippen molar-refractivity contribution in [2.45, 2.75) is 19.8 Å². The number of halogens is 1. The molecule has 2 rings (SSSR count). The van der Waals surface area contributed by atoms with Gasteiger partial charge in [-0.15, -0.1) is 12.4 Å². The lowest BCUT2D eigenvalue weighted by molar-refractivity contribution is -0.124. The summed E-state index contributed by atoms with van der Waals surface area (Å²) in [4.78, 5) is 25.0. The van der Waals surface area contributed by atoms with Crippen molar-refractivity contribution >= 4 is 29.9 Å². The Hall–Kier alpha value is -1.59. The van der Waals surface area contributed by atoms with Gasteiger partial charge in [0.15, 0.2) is 0 Å². The first kappa shape index (κ1) is 16.5. The zero-order chi connectivity index (χ0) is 13.8. The Morgan fingerprint density at radius 3 is 2.85 bits per heavy atom. The molecule has 0 atom stereocenters. The number of rotatable bonds is 3. The molecule has 0 saturated carbocycles. The van der Waals surface area contributed by atoms with E-state index in [0.717, 1.165) is 24.1 Å². The number of nitrogens with one attached hydrogen (secondary N) is 1. The molecule has 0 radical (unpaired) electrons. The molecule has 0 bridgehead atoms. The van der Waals surface area contributed by atoms with Gasteiger partial charge in [0.1, 0.15) is 0 Å². The van der Waals surface area contributed by atoms with Gasteiger partial charge in [-0.05, 0) is 37.0 Å². The molecule has 0 aromatic heterocycles. The van der Waals surface area contributed by atoms with Crippen LogP contribution in [0.4, 0.5) is 5.69 Å². The number of hydrogen-bond acceptors (Lipinski definition) is 3. The normalized spacial score (nSPS) is 13.2. The van der Waals surface area contributed by atoms with Crippen molar-refractivity contribution in [1.82, 2.24) is 5.32 Å². The second-order valence-electron chi connectivity index (χ2n) is 4.76. The van der Waals surface area contributed by atoms with Gasteiger partial charge in [0, 0.05) is 12.2 Å². The Bertz CT molecular complexity index is 505. The highest BCUT2D eigenvalue weighted by molar-refractivity contribution is 5.97. The number of anilines is 1. The van der Waals surface area contributed by atoms with Crippen LogP contribution in [0, 0.1) is 6.92 Å². The fourth-order valence-electron chi connectivity index (χ4n) is 2.29. The van der Waals surface area contributed by atoms with E-state index in [4.69, 9.17) is 5.73 Å². The average molecular weight is 298 g/mol. The lowest BCUT2D eigenvalue weighted by Gasteiger charge is -2.30. The fourth-order valence-corrected chi connectivity index (χ4v) is 2.29.